The van der Waals surface area contributed by atoms with Crippen LogP contribution in [0.25, 0.3) is 0 Å². The first-order valence-electron chi connectivity index (χ1n) is 5.83. The van der Waals surface area contributed by atoms with Crippen molar-refractivity contribution in [3.63, 3.8) is 0 Å². The number of alkyl halides is 4. The summed E-state index contributed by atoms with van der Waals surface area (Å²) in [5.74, 6) is 0. The molecule has 2 rings (SSSR count). The Morgan fingerprint density at radius 1 is 1.25 bits per heavy atom. The molecule has 1 aromatic carbocycles. The molecule has 108 valence electrons. The van der Waals surface area contributed by atoms with Crippen LogP contribution in [0.15, 0.2) is 34.8 Å². The van der Waals surface area contributed by atoms with Gasteiger partial charge in [0.15, 0.2) is 0 Å². The minimum absolute atomic E-state index is 0.235. The van der Waals surface area contributed by atoms with Gasteiger partial charge in [0.1, 0.15) is 0 Å². The van der Waals surface area contributed by atoms with Gasteiger partial charge in [-0.2, -0.15) is 13.2 Å². The SMILES string of the molecule is Cc1sc(C(Cl)Cc2ccc(C(F)(F)F)cc2)cc1Br. The van der Waals surface area contributed by atoms with Crippen LogP contribution < -0.4 is 0 Å². The Morgan fingerprint density at radius 2 is 1.85 bits per heavy atom. The number of rotatable bonds is 3. The number of hydrogen-bond acceptors (Lipinski definition) is 1. The van der Waals surface area contributed by atoms with Crippen molar-refractivity contribution in [3.8, 4) is 0 Å². The molecule has 2 aromatic rings. The lowest BCUT2D eigenvalue weighted by molar-refractivity contribution is -0.137. The Kier molecular flexibility index (Phi) is 4.82. The quantitative estimate of drug-likeness (QED) is 0.541. The van der Waals surface area contributed by atoms with E-state index in [-0.39, 0.29) is 5.38 Å². The molecule has 0 nitrogen and oxygen atoms in total. The molecule has 6 heteroatoms. The molecule has 0 amide bonds. The van der Waals surface area contributed by atoms with Crippen LogP contribution >= 0.6 is 38.9 Å². The number of hydrogen-bond donors (Lipinski definition) is 0. The predicted molar refractivity (Wildman–Crippen MR) is 80.5 cm³/mol. The maximum Gasteiger partial charge on any atom is 0.416 e. The lowest BCUT2D eigenvalue weighted by Gasteiger charge is -2.10. The van der Waals surface area contributed by atoms with Crippen molar-refractivity contribution in [3.05, 3.63) is 55.7 Å². The van der Waals surface area contributed by atoms with Crippen LogP contribution in [0, 0.1) is 6.92 Å². The normalized spacial score (nSPS) is 13.5. The van der Waals surface area contributed by atoms with E-state index in [0.717, 1.165) is 31.9 Å². The van der Waals surface area contributed by atoms with Crippen LogP contribution in [0.3, 0.4) is 0 Å². The van der Waals surface area contributed by atoms with E-state index < -0.39 is 11.7 Å². The van der Waals surface area contributed by atoms with Gasteiger partial charge < -0.3 is 0 Å². The third kappa shape index (κ3) is 3.77. The molecule has 1 unspecified atom stereocenters. The zero-order valence-corrected chi connectivity index (χ0v) is 13.6. The number of benzene rings is 1. The van der Waals surface area contributed by atoms with Gasteiger partial charge in [-0.25, -0.2) is 0 Å². The van der Waals surface area contributed by atoms with Crippen LogP contribution in [0.4, 0.5) is 13.2 Å². The third-order valence-electron chi connectivity index (χ3n) is 2.88. The summed E-state index contributed by atoms with van der Waals surface area (Å²) in [6.45, 7) is 1.99. The summed E-state index contributed by atoms with van der Waals surface area (Å²) in [6, 6.07) is 7.10. The summed E-state index contributed by atoms with van der Waals surface area (Å²) in [5.41, 5.74) is 0.155. The highest BCUT2D eigenvalue weighted by molar-refractivity contribution is 9.10. The average molecular weight is 384 g/mol. The standard InChI is InChI=1S/C14H11BrClF3S/c1-8-11(15)7-13(20-8)12(16)6-9-2-4-10(5-3-9)14(17,18)19/h2-5,7,12H,6H2,1H3. The van der Waals surface area contributed by atoms with E-state index in [1.807, 2.05) is 13.0 Å². The largest absolute Gasteiger partial charge is 0.416 e. The number of halogens is 5. The molecule has 0 aliphatic carbocycles. The van der Waals surface area contributed by atoms with Gasteiger partial charge in [0.25, 0.3) is 0 Å². The minimum atomic E-state index is -4.30. The molecular weight excluding hydrogens is 373 g/mol. The predicted octanol–water partition coefficient (Wildman–Crippen LogP) is 6.36. The van der Waals surface area contributed by atoms with Crippen molar-refractivity contribution in [2.24, 2.45) is 0 Å². The molecule has 0 radical (unpaired) electrons. The molecule has 0 spiro atoms. The molecule has 20 heavy (non-hydrogen) atoms. The van der Waals surface area contributed by atoms with Crippen LogP contribution in [-0.2, 0) is 12.6 Å². The minimum Gasteiger partial charge on any atom is -0.166 e. The molecule has 1 aromatic heterocycles. The summed E-state index contributed by atoms with van der Waals surface area (Å²) in [5, 5.41) is -0.235. The fourth-order valence-electron chi connectivity index (χ4n) is 1.77. The highest BCUT2D eigenvalue weighted by atomic mass is 79.9. The van der Waals surface area contributed by atoms with Crippen molar-refractivity contribution in [2.75, 3.05) is 0 Å². The summed E-state index contributed by atoms with van der Waals surface area (Å²) >= 11 is 11.3. The van der Waals surface area contributed by atoms with Gasteiger partial charge in [0.05, 0.1) is 10.9 Å². The Bertz CT molecular complexity index is 570. The second-order valence-corrected chi connectivity index (χ2v) is 7.09. The molecule has 0 saturated heterocycles. The lowest BCUT2D eigenvalue weighted by Crippen LogP contribution is -2.04. The Hall–Kier alpha value is -0.520. The van der Waals surface area contributed by atoms with Gasteiger partial charge in [-0.1, -0.05) is 12.1 Å². The molecule has 0 saturated carbocycles. The van der Waals surface area contributed by atoms with Gasteiger partial charge in [-0.05, 0) is 53.0 Å². The van der Waals surface area contributed by atoms with Crippen molar-refractivity contribution in [1.29, 1.82) is 0 Å². The van der Waals surface area contributed by atoms with Crippen molar-refractivity contribution >= 4 is 38.9 Å². The second-order valence-electron chi connectivity index (χ2n) is 4.42. The van der Waals surface area contributed by atoms with E-state index in [1.54, 1.807) is 11.3 Å². The third-order valence-corrected chi connectivity index (χ3v) is 5.65. The second kappa shape index (κ2) is 6.08. The first-order valence-corrected chi connectivity index (χ1v) is 7.88. The lowest BCUT2D eigenvalue weighted by atomic mass is 10.1. The van der Waals surface area contributed by atoms with Gasteiger partial charge in [-0.3, -0.25) is 0 Å². The van der Waals surface area contributed by atoms with Gasteiger partial charge in [-0.15, -0.1) is 22.9 Å². The maximum absolute atomic E-state index is 12.5. The summed E-state index contributed by atoms with van der Waals surface area (Å²) < 4.78 is 38.4. The van der Waals surface area contributed by atoms with E-state index >= 15 is 0 Å². The fraction of sp³-hybridized carbons (Fsp3) is 0.286. The van der Waals surface area contributed by atoms with E-state index in [0.29, 0.717) is 6.42 Å². The highest BCUT2D eigenvalue weighted by Gasteiger charge is 2.30. The number of thiophene rings is 1. The average Bonchev–Trinajstić information content (AvgIpc) is 2.69. The van der Waals surface area contributed by atoms with Crippen LogP contribution in [0.2, 0.25) is 0 Å². The molecule has 0 aliphatic heterocycles. The highest BCUT2D eigenvalue weighted by Crippen LogP contribution is 2.36. The summed E-state index contributed by atoms with van der Waals surface area (Å²) in [6.07, 6.45) is -3.79. The zero-order valence-electron chi connectivity index (χ0n) is 10.5. The van der Waals surface area contributed by atoms with E-state index in [4.69, 9.17) is 11.6 Å². The first-order chi connectivity index (χ1) is 9.27. The molecule has 0 fully saturated rings. The molecule has 0 aliphatic rings. The molecule has 0 bridgehead atoms. The molecular formula is C14H11BrClF3S. The van der Waals surface area contributed by atoms with Gasteiger partial charge >= 0.3 is 6.18 Å². The smallest absolute Gasteiger partial charge is 0.166 e. The van der Waals surface area contributed by atoms with Crippen molar-refractivity contribution in [1.82, 2.24) is 0 Å². The topological polar surface area (TPSA) is 0 Å². The van der Waals surface area contributed by atoms with Crippen LogP contribution in [0.5, 0.6) is 0 Å². The van der Waals surface area contributed by atoms with Crippen LogP contribution in [-0.4, -0.2) is 0 Å². The Labute approximate surface area is 132 Å². The van der Waals surface area contributed by atoms with E-state index in [2.05, 4.69) is 15.9 Å². The van der Waals surface area contributed by atoms with Gasteiger partial charge in [0.2, 0.25) is 0 Å². The maximum atomic E-state index is 12.5. The van der Waals surface area contributed by atoms with Gasteiger partial charge in [0, 0.05) is 14.2 Å². The van der Waals surface area contributed by atoms with Crippen molar-refractivity contribution in [2.45, 2.75) is 24.9 Å². The Morgan fingerprint density at radius 3 is 2.30 bits per heavy atom. The van der Waals surface area contributed by atoms with E-state index in [9.17, 15) is 13.2 Å². The first kappa shape index (κ1) is 15.9. The fourth-order valence-corrected chi connectivity index (χ4v) is 3.69. The summed E-state index contributed by atoms with van der Waals surface area (Å²) in [4.78, 5) is 2.15. The molecule has 0 N–H and O–H groups in total. The number of aryl methyl sites for hydroxylation is 1. The van der Waals surface area contributed by atoms with E-state index in [1.165, 1.54) is 12.1 Å². The Balaban J connectivity index is 2.10. The summed E-state index contributed by atoms with van der Waals surface area (Å²) in [7, 11) is 0. The van der Waals surface area contributed by atoms with Crippen molar-refractivity contribution < 1.29 is 13.2 Å². The monoisotopic (exact) mass is 382 g/mol. The van der Waals surface area contributed by atoms with Crippen LogP contribution in [0.1, 0.15) is 26.3 Å². The zero-order chi connectivity index (χ0) is 14.9. The molecule has 1 atom stereocenters. The molecule has 1 heterocycles.